The fourth-order valence-electron chi connectivity index (χ4n) is 3.59. The van der Waals surface area contributed by atoms with Crippen LogP contribution in [0.4, 0.5) is 4.39 Å². The molecule has 2 aromatic rings. The summed E-state index contributed by atoms with van der Waals surface area (Å²) in [7, 11) is 0. The number of ether oxygens (including phenoxy) is 2. The van der Waals surface area contributed by atoms with E-state index in [0.717, 1.165) is 12.8 Å². The van der Waals surface area contributed by atoms with Crippen LogP contribution < -0.4 is 0 Å². The molecule has 26 heavy (non-hydrogen) atoms. The lowest BCUT2D eigenvalue weighted by molar-refractivity contribution is -0.187. The lowest BCUT2D eigenvalue weighted by Crippen LogP contribution is -2.47. The molecule has 1 spiro atoms. The van der Waals surface area contributed by atoms with Gasteiger partial charge >= 0.3 is 0 Å². The number of rotatable bonds is 4. The van der Waals surface area contributed by atoms with Crippen LogP contribution in [0.3, 0.4) is 0 Å². The van der Waals surface area contributed by atoms with E-state index in [0.29, 0.717) is 56.2 Å². The van der Waals surface area contributed by atoms with Gasteiger partial charge in [0.15, 0.2) is 5.79 Å². The Morgan fingerprint density at radius 1 is 1.08 bits per heavy atom. The molecule has 0 atom stereocenters. The topological polar surface area (TPSA) is 51.9 Å². The number of aryl methyl sites for hydroxylation is 1. The van der Waals surface area contributed by atoms with Crippen LogP contribution in [0.2, 0.25) is 0 Å². The summed E-state index contributed by atoms with van der Waals surface area (Å²) in [6, 6.07) is 10.1. The Balaban J connectivity index is 1.31. The monoisotopic (exact) mass is 359 g/mol. The van der Waals surface area contributed by atoms with Crippen molar-refractivity contribution in [3.8, 4) is 11.3 Å². The second-order valence-electron chi connectivity index (χ2n) is 6.73. The van der Waals surface area contributed by atoms with E-state index in [4.69, 9.17) is 13.9 Å². The number of furan rings is 1. The van der Waals surface area contributed by atoms with E-state index < -0.39 is 5.79 Å². The fraction of sp³-hybridized carbons (Fsp3) is 0.450. The summed E-state index contributed by atoms with van der Waals surface area (Å²) in [5.74, 6) is 0.491. The molecule has 0 unspecified atom stereocenters. The van der Waals surface area contributed by atoms with Gasteiger partial charge in [-0.05, 0) is 24.3 Å². The molecule has 2 aliphatic rings. The number of benzene rings is 1. The average molecular weight is 359 g/mol. The normalized spacial score (nSPS) is 19.2. The van der Waals surface area contributed by atoms with Gasteiger partial charge in [-0.2, -0.15) is 0 Å². The average Bonchev–Trinajstić information content (AvgIpc) is 3.31. The number of halogens is 1. The van der Waals surface area contributed by atoms with Crippen LogP contribution in [0.25, 0.3) is 11.3 Å². The Morgan fingerprint density at radius 2 is 1.81 bits per heavy atom. The first-order valence-electron chi connectivity index (χ1n) is 9.05. The van der Waals surface area contributed by atoms with Crippen molar-refractivity contribution in [1.29, 1.82) is 0 Å². The van der Waals surface area contributed by atoms with Gasteiger partial charge in [0.1, 0.15) is 17.3 Å². The maximum absolute atomic E-state index is 13.8. The number of hydrogen-bond acceptors (Lipinski definition) is 4. The number of carbonyl (C=O) groups excluding carboxylic acids is 1. The number of amides is 1. The molecule has 1 amide bonds. The van der Waals surface area contributed by atoms with Gasteiger partial charge in [0.25, 0.3) is 0 Å². The summed E-state index contributed by atoms with van der Waals surface area (Å²) in [5.41, 5.74) is 0.433. The maximum Gasteiger partial charge on any atom is 0.223 e. The third-order valence-electron chi connectivity index (χ3n) is 5.08. The molecule has 0 bridgehead atoms. The molecule has 0 aliphatic carbocycles. The van der Waals surface area contributed by atoms with Crippen LogP contribution in [0.5, 0.6) is 0 Å². The zero-order valence-corrected chi connectivity index (χ0v) is 14.6. The highest BCUT2D eigenvalue weighted by molar-refractivity contribution is 5.76. The zero-order valence-electron chi connectivity index (χ0n) is 14.6. The first-order chi connectivity index (χ1) is 12.7. The molecule has 1 aromatic heterocycles. The highest BCUT2D eigenvalue weighted by Gasteiger charge is 2.40. The van der Waals surface area contributed by atoms with Crippen LogP contribution in [-0.2, 0) is 20.7 Å². The summed E-state index contributed by atoms with van der Waals surface area (Å²) in [4.78, 5) is 14.3. The largest absolute Gasteiger partial charge is 0.461 e. The maximum atomic E-state index is 13.8. The SMILES string of the molecule is O=C(CCc1ccc(-c2ccccc2F)o1)N1CCC2(CC1)OCCO2. The van der Waals surface area contributed by atoms with E-state index in [1.807, 2.05) is 4.90 Å². The summed E-state index contributed by atoms with van der Waals surface area (Å²) in [6.07, 6.45) is 2.31. The minimum Gasteiger partial charge on any atom is -0.461 e. The lowest BCUT2D eigenvalue weighted by atomic mass is 10.0. The quantitative estimate of drug-likeness (QED) is 0.840. The van der Waals surface area contributed by atoms with E-state index >= 15 is 0 Å². The molecule has 2 aliphatic heterocycles. The van der Waals surface area contributed by atoms with Crippen molar-refractivity contribution in [2.75, 3.05) is 26.3 Å². The predicted molar refractivity (Wildman–Crippen MR) is 92.9 cm³/mol. The molecule has 138 valence electrons. The van der Waals surface area contributed by atoms with E-state index in [-0.39, 0.29) is 11.7 Å². The summed E-state index contributed by atoms with van der Waals surface area (Å²) < 4.78 is 30.9. The summed E-state index contributed by atoms with van der Waals surface area (Å²) in [6.45, 7) is 2.57. The van der Waals surface area contributed by atoms with Crippen molar-refractivity contribution in [1.82, 2.24) is 4.90 Å². The Labute approximate surface area is 151 Å². The molecule has 6 heteroatoms. The highest BCUT2D eigenvalue weighted by Crippen LogP contribution is 2.31. The van der Waals surface area contributed by atoms with Gasteiger partial charge in [0.05, 0.1) is 18.8 Å². The molecule has 1 aromatic carbocycles. The van der Waals surface area contributed by atoms with Gasteiger partial charge < -0.3 is 18.8 Å². The van der Waals surface area contributed by atoms with Crippen molar-refractivity contribution >= 4 is 5.91 Å². The molecule has 2 saturated heterocycles. The number of carbonyl (C=O) groups is 1. The summed E-state index contributed by atoms with van der Waals surface area (Å²) >= 11 is 0. The van der Waals surface area contributed by atoms with E-state index in [9.17, 15) is 9.18 Å². The summed E-state index contributed by atoms with van der Waals surface area (Å²) in [5, 5.41) is 0. The van der Waals surface area contributed by atoms with Crippen LogP contribution in [0, 0.1) is 5.82 Å². The molecule has 5 nitrogen and oxygen atoms in total. The second-order valence-corrected chi connectivity index (χ2v) is 6.73. The van der Waals surface area contributed by atoms with Crippen LogP contribution in [0.1, 0.15) is 25.0 Å². The van der Waals surface area contributed by atoms with Crippen LogP contribution in [-0.4, -0.2) is 42.9 Å². The third kappa shape index (κ3) is 3.52. The van der Waals surface area contributed by atoms with Crippen molar-refractivity contribution in [2.45, 2.75) is 31.5 Å². The highest BCUT2D eigenvalue weighted by atomic mass is 19.1. The van der Waals surface area contributed by atoms with Gasteiger partial charge in [-0.15, -0.1) is 0 Å². The Kier molecular flexibility index (Phi) is 4.78. The van der Waals surface area contributed by atoms with Crippen molar-refractivity contribution < 1.29 is 23.1 Å². The van der Waals surface area contributed by atoms with E-state index in [1.54, 1.807) is 30.3 Å². The van der Waals surface area contributed by atoms with Gasteiger partial charge in [0.2, 0.25) is 5.91 Å². The number of nitrogens with zero attached hydrogens (tertiary/aromatic N) is 1. The van der Waals surface area contributed by atoms with Crippen molar-refractivity contribution in [3.63, 3.8) is 0 Å². The molecule has 0 radical (unpaired) electrons. The first-order valence-corrected chi connectivity index (χ1v) is 9.05. The van der Waals surface area contributed by atoms with Gasteiger partial charge in [-0.25, -0.2) is 4.39 Å². The molecule has 4 rings (SSSR count). The molecular weight excluding hydrogens is 337 g/mol. The Hall–Kier alpha value is -2.18. The lowest BCUT2D eigenvalue weighted by Gasteiger charge is -2.37. The van der Waals surface area contributed by atoms with Gasteiger partial charge in [-0.3, -0.25) is 4.79 Å². The number of hydrogen-bond donors (Lipinski definition) is 0. The smallest absolute Gasteiger partial charge is 0.223 e. The molecular formula is C20H22FNO4. The molecule has 2 fully saturated rings. The standard InChI is InChI=1S/C20H22FNO4/c21-17-4-2-1-3-16(17)18-7-5-15(26-18)6-8-19(23)22-11-9-20(10-12-22)24-13-14-25-20/h1-5,7H,6,8-14H2. The fourth-order valence-corrected chi connectivity index (χ4v) is 3.59. The van der Waals surface area contributed by atoms with Crippen molar-refractivity contribution in [3.05, 3.63) is 48.0 Å². The minimum atomic E-state index is -0.466. The van der Waals surface area contributed by atoms with Crippen LogP contribution >= 0.6 is 0 Å². The van der Waals surface area contributed by atoms with Gasteiger partial charge in [-0.1, -0.05) is 12.1 Å². The second kappa shape index (κ2) is 7.21. The first kappa shape index (κ1) is 17.2. The van der Waals surface area contributed by atoms with Crippen molar-refractivity contribution in [2.24, 2.45) is 0 Å². The van der Waals surface area contributed by atoms with Crippen LogP contribution in [0.15, 0.2) is 40.8 Å². The Bertz CT molecular complexity index is 772. The van der Waals surface area contributed by atoms with E-state index in [1.165, 1.54) is 6.07 Å². The molecule has 0 N–H and O–H groups in total. The van der Waals surface area contributed by atoms with E-state index in [2.05, 4.69) is 0 Å². The molecule has 3 heterocycles. The minimum absolute atomic E-state index is 0.0988. The van der Waals surface area contributed by atoms with Gasteiger partial charge in [0, 0.05) is 38.8 Å². The Morgan fingerprint density at radius 3 is 2.54 bits per heavy atom. The molecule has 0 saturated carbocycles. The third-order valence-corrected chi connectivity index (χ3v) is 5.08. The predicted octanol–water partition coefficient (Wildman–Crippen LogP) is 3.38. The number of piperidine rings is 1. The zero-order chi connectivity index (χ0) is 18.0. The number of likely N-dealkylation sites (tertiary alicyclic amines) is 1.